The Kier molecular flexibility index (Phi) is 4.16. The zero-order valence-corrected chi connectivity index (χ0v) is 12.2. The van der Waals surface area contributed by atoms with Crippen molar-refractivity contribution >= 4 is 0 Å². The Bertz CT molecular complexity index is 707. The summed E-state index contributed by atoms with van der Waals surface area (Å²) in [5.74, 6) is 0.114. The van der Waals surface area contributed by atoms with Crippen molar-refractivity contribution in [2.45, 2.75) is 26.7 Å². The van der Waals surface area contributed by atoms with Crippen LogP contribution in [0.15, 0.2) is 23.0 Å². The Morgan fingerprint density at radius 1 is 1.33 bits per heavy atom. The molecule has 0 unspecified atom stereocenters. The highest BCUT2D eigenvalue weighted by molar-refractivity contribution is 5.61. The lowest BCUT2D eigenvalue weighted by Gasteiger charge is -2.10. The summed E-state index contributed by atoms with van der Waals surface area (Å²) in [6.07, 6.45) is 0. The van der Waals surface area contributed by atoms with Gasteiger partial charge in [0, 0.05) is 5.56 Å². The zero-order valence-electron chi connectivity index (χ0n) is 12.2. The van der Waals surface area contributed by atoms with Crippen LogP contribution in [0.4, 0.5) is 0 Å². The topological polar surface area (TPSA) is 95.4 Å². The third-order valence-corrected chi connectivity index (χ3v) is 3.05. The van der Waals surface area contributed by atoms with Crippen LogP contribution in [0.5, 0.6) is 17.4 Å². The fourth-order valence-electron chi connectivity index (χ4n) is 2.06. The van der Waals surface area contributed by atoms with E-state index < -0.39 is 0 Å². The lowest BCUT2D eigenvalue weighted by atomic mass is 10.1. The second kappa shape index (κ2) is 5.87. The first-order chi connectivity index (χ1) is 9.93. The average Bonchev–Trinajstić information content (AvgIpc) is 2.40. The number of H-pyrrole nitrogens is 1. The Labute approximate surface area is 122 Å². The molecule has 0 bridgehead atoms. The van der Waals surface area contributed by atoms with Crippen molar-refractivity contribution < 1.29 is 14.9 Å². The van der Waals surface area contributed by atoms with E-state index in [9.17, 15) is 15.0 Å². The minimum absolute atomic E-state index is 0.00553. The molecular formula is C15H18N2O4. The fraction of sp³-hybridized carbons (Fsp3) is 0.333. The molecule has 0 aliphatic heterocycles. The van der Waals surface area contributed by atoms with Gasteiger partial charge in [-0.15, -0.1) is 0 Å². The molecule has 21 heavy (non-hydrogen) atoms. The number of hydrogen-bond donors (Lipinski definition) is 3. The van der Waals surface area contributed by atoms with Gasteiger partial charge < -0.3 is 19.9 Å². The summed E-state index contributed by atoms with van der Waals surface area (Å²) in [5.41, 5.74) is 0.417. The number of aromatic hydroxyl groups is 2. The molecule has 0 radical (unpaired) electrons. The smallest absolute Gasteiger partial charge is 0.258 e. The quantitative estimate of drug-likeness (QED) is 0.803. The predicted octanol–water partition coefficient (Wildman–Crippen LogP) is 2.37. The van der Waals surface area contributed by atoms with Gasteiger partial charge >= 0.3 is 0 Å². The van der Waals surface area contributed by atoms with Gasteiger partial charge in [-0.05, 0) is 31.0 Å². The van der Waals surface area contributed by atoms with Crippen LogP contribution in [0, 0.1) is 0 Å². The van der Waals surface area contributed by atoms with Gasteiger partial charge in [0.25, 0.3) is 5.56 Å². The molecular weight excluding hydrogens is 272 g/mol. The van der Waals surface area contributed by atoms with Crippen LogP contribution in [0.2, 0.25) is 0 Å². The molecule has 2 rings (SSSR count). The maximum Gasteiger partial charge on any atom is 0.258 e. The van der Waals surface area contributed by atoms with Gasteiger partial charge in [-0.1, -0.05) is 13.8 Å². The lowest BCUT2D eigenvalue weighted by Crippen LogP contribution is -2.16. The lowest BCUT2D eigenvalue weighted by molar-refractivity contribution is 0.318. The van der Waals surface area contributed by atoms with Crippen LogP contribution >= 0.6 is 0 Å². The van der Waals surface area contributed by atoms with Crippen molar-refractivity contribution in [3.63, 3.8) is 0 Å². The molecule has 0 amide bonds. The van der Waals surface area contributed by atoms with E-state index >= 15 is 0 Å². The molecule has 0 spiro atoms. The SMILES string of the molecule is CCOc1cc(-c2nc(O)c(C(C)C)c(=O)[nH]2)ccc1O. The normalized spacial score (nSPS) is 10.9. The van der Waals surface area contributed by atoms with Gasteiger partial charge in [-0.3, -0.25) is 4.79 Å². The van der Waals surface area contributed by atoms with Crippen LogP contribution in [-0.4, -0.2) is 26.8 Å². The van der Waals surface area contributed by atoms with E-state index in [0.29, 0.717) is 17.9 Å². The minimum atomic E-state index is -0.376. The summed E-state index contributed by atoms with van der Waals surface area (Å²) in [6.45, 7) is 5.81. The number of rotatable bonds is 4. The van der Waals surface area contributed by atoms with E-state index in [1.807, 2.05) is 0 Å². The maximum absolute atomic E-state index is 12.0. The van der Waals surface area contributed by atoms with Crippen molar-refractivity contribution in [1.82, 2.24) is 9.97 Å². The number of aromatic amines is 1. The molecule has 0 aliphatic rings. The number of ether oxygens (including phenoxy) is 1. The van der Waals surface area contributed by atoms with E-state index in [0.717, 1.165) is 0 Å². The monoisotopic (exact) mass is 290 g/mol. The highest BCUT2D eigenvalue weighted by atomic mass is 16.5. The van der Waals surface area contributed by atoms with E-state index in [2.05, 4.69) is 9.97 Å². The predicted molar refractivity (Wildman–Crippen MR) is 78.9 cm³/mol. The maximum atomic E-state index is 12.0. The molecule has 6 heteroatoms. The highest BCUT2D eigenvalue weighted by Crippen LogP contribution is 2.31. The summed E-state index contributed by atoms with van der Waals surface area (Å²) in [4.78, 5) is 18.7. The van der Waals surface area contributed by atoms with Crippen LogP contribution in [-0.2, 0) is 0 Å². The number of aromatic nitrogens is 2. The molecule has 0 fully saturated rings. The summed E-state index contributed by atoms with van der Waals surface area (Å²) < 4.78 is 5.29. The fourth-order valence-corrected chi connectivity index (χ4v) is 2.06. The molecule has 0 saturated heterocycles. The first kappa shape index (κ1) is 14.9. The zero-order chi connectivity index (χ0) is 15.6. The van der Waals surface area contributed by atoms with Crippen LogP contribution in [0.25, 0.3) is 11.4 Å². The van der Waals surface area contributed by atoms with Crippen LogP contribution < -0.4 is 10.3 Å². The van der Waals surface area contributed by atoms with Crippen LogP contribution in [0.3, 0.4) is 0 Å². The molecule has 1 aromatic heterocycles. The van der Waals surface area contributed by atoms with Gasteiger partial charge in [0.05, 0.1) is 12.2 Å². The van der Waals surface area contributed by atoms with Gasteiger partial charge in [0.15, 0.2) is 11.5 Å². The van der Waals surface area contributed by atoms with E-state index in [-0.39, 0.29) is 34.5 Å². The van der Waals surface area contributed by atoms with Crippen molar-refractivity contribution in [3.8, 4) is 28.8 Å². The van der Waals surface area contributed by atoms with Gasteiger partial charge in [0.2, 0.25) is 5.88 Å². The molecule has 112 valence electrons. The summed E-state index contributed by atoms with van der Waals surface area (Å²) in [6, 6.07) is 4.60. The third-order valence-electron chi connectivity index (χ3n) is 3.05. The Balaban J connectivity index is 2.53. The molecule has 3 N–H and O–H groups in total. The molecule has 0 saturated carbocycles. The van der Waals surface area contributed by atoms with E-state index in [1.54, 1.807) is 32.9 Å². The summed E-state index contributed by atoms with van der Waals surface area (Å²) in [7, 11) is 0. The number of benzene rings is 1. The second-order valence-corrected chi connectivity index (χ2v) is 4.92. The molecule has 1 heterocycles. The van der Waals surface area contributed by atoms with Crippen molar-refractivity contribution in [3.05, 3.63) is 34.1 Å². The number of nitrogens with one attached hydrogen (secondary N) is 1. The number of hydrogen-bond acceptors (Lipinski definition) is 5. The van der Waals surface area contributed by atoms with Gasteiger partial charge in [0.1, 0.15) is 5.82 Å². The number of phenols is 1. The average molecular weight is 290 g/mol. The number of phenolic OH excluding ortho intramolecular Hbond substituents is 1. The summed E-state index contributed by atoms with van der Waals surface area (Å²) in [5, 5.41) is 19.6. The van der Waals surface area contributed by atoms with E-state index in [4.69, 9.17) is 4.74 Å². The highest BCUT2D eigenvalue weighted by Gasteiger charge is 2.15. The van der Waals surface area contributed by atoms with E-state index in [1.165, 1.54) is 6.07 Å². The van der Waals surface area contributed by atoms with Crippen molar-refractivity contribution in [1.29, 1.82) is 0 Å². The van der Waals surface area contributed by atoms with Gasteiger partial charge in [-0.25, -0.2) is 0 Å². The Hall–Kier alpha value is -2.50. The molecule has 2 aromatic rings. The minimum Gasteiger partial charge on any atom is -0.504 e. The first-order valence-electron chi connectivity index (χ1n) is 6.73. The summed E-state index contributed by atoms with van der Waals surface area (Å²) >= 11 is 0. The molecule has 0 atom stereocenters. The number of nitrogens with zero attached hydrogens (tertiary/aromatic N) is 1. The van der Waals surface area contributed by atoms with Crippen molar-refractivity contribution in [2.24, 2.45) is 0 Å². The Morgan fingerprint density at radius 2 is 2.05 bits per heavy atom. The third kappa shape index (κ3) is 2.99. The van der Waals surface area contributed by atoms with Crippen molar-refractivity contribution in [2.75, 3.05) is 6.61 Å². The molecule has 0 aliphatic carbocycles. The largest absolute Gasteiger partial charge is 0.504 e. The molecule has 1 aromatic carbocycles. The Morgan fingerprint density at radius 3 is 2.62 bits per heavy atom. The first-order valence-corrected chi connectivity index (χ1v) is 6.73. The second-order valence-electron chi connectivity index (χ2n) is 4.92. The molecule has 6 nitrogen and oxygen atoms in total. The van der Waals surface area contributed by atoms with Gasteiger partial charge in [-0.2, -0.15) is 4.98 Å². The van der Waals surface area contributed by atoms with Crippen LogP contribution in [0.1, 0.15) is 32.3 Å². The standard InChI is InChI=1S/C15H18N2O4/c1-4-21-11-7-9(5-6-10(11)18)13-16-14(19)12(8(2)3)15(20)17-13/h5-8,18H,4H2,1-3H3,(H2,16,17,19,20).